The molecule has 4 nitrogen and oxygen atoms in total. The van der Waals surface area contributed by atoms with Crippen molar-refractivity contribution >= 4 is 17.2 Å². The molecule has 1 aliphatic heterocycles. The first-order chi connectivity index (χ1) is 8.93. The normalized spacial score (nSPS) is 16.6. The van der Waals surface area contributed by atoms with Crippen LogP contribution in [0.25, 0.3) is 10.6 Å². The zero-order valence-corrected chi connectivity index (χ0v) is 11.0. The Morgan fingerprint density at radius 1 is 1.22 bits per heavy atom. The van der Waals surface area contributed by atoms with Crippen LogP contribution in [0.4, 0.5) is 5.82 Å². The van der Waals surface area contributed by atoms with Gasteiger partial charge in [-0.05, 0) is 24.4 Å². The predicted molar refractivity (Wildman–Crippen MR) is 75.0 cm³/mol. The summed E-state index contributed by atoms with van der Waals surface area (Å²) in [6.45, 7) is 4.20. The molecule has 0 aromatic carbocycles. The van der Waals surface area contributed by atoms with Gasteiger partial charge in [0.1, 0.15) is 12.1 Å². The van der Waals surface area contributed by atoms with Gasteiger partial charge in [0.05, 0.1) is 10.6 Å². The molecule has 2 aromatic heterocycles. The Morgan fingerprint density at radius 3 is 3.11 bits per heavy atom. The number of thiophene rings is 1. The molecule has 1 saturated heterocycles. The highest BCUT2D eigenvalue weighted by Gasteiger charge is 2.12. The molecule has 0 unspecified atom stereocenters. The summed E-state index contributed by atoms with van der Waals surface area (Å²) in [6, 6.07) is 6.25. The third kappa shape index (κ3) is 2.52. The van der Waals surface area contributed by atoms with Crippen LogP contribution in [-0.2, 0) is 0 Å². The standard InChI is InChI=1S/C13H16N4S/c1-3-12(18-8-1)11-9-13(16-10-15-11)17-6-2-4-14-5-7-17/h1,3,8-10,14H,2,4-7H2. The number of anilines is 1. The molecule has 2 aromatic rings. The van der Waals surface area contributed by atoms with E-state index in [1.165, 1.54) is 11.3 Å². The van der Waals surface area contributed by atoms with Gasteiger partial charge in [0.25, 0.3) is 0 Å². The Hall–Kier alpha value is -1.46. The molecule has 94 valence electrons. The molecule has 0 radical (unpaired) electrons. The average molecular weight is 260 g/mol. The molecule has 18 heavy (non-hydrogen) atoms. The largest absolute Gasteiger partial charge is 0.355 e. The maximum atomic E-state index is 4.41. The molecule has 3 rings (SSSR count). The first kappa shape index (κ1) is 11.6. The molecule has 0 aliphatic carbocycles. The summed E-state index contributed by atoms with van der Waals surface area (Å²) in [5.41, 5.74) is 1.02. The Kier molecular flexibility index (Phi) is 3.52. The molecular weight excluding hydrogens is 244 g/mol. The van der Waals surface area contributed by atoms with E-state index in [-0.39, 0.29) is 0 Å². The zero-order valence-electron chi connectivity index (χ0n) is 10.2. The Balaban J connectivity index is 1.86. The van der Waals surface area contributed by atoms with E-state index in [2.05, 4.69) is 43.8 Å². The van der Waals surface area contributed by atoms with E-state index in [4.69, 9.17) is 0 Å². The van der Waals surface area contributed by atoms with Gasteiger partial charge in [-0.15, -0.1) is 11.3 Å². The SMILES string of the molecule is c1csc(-c2cc(N3CCCNCC3)ncn2)c1. The van der Waals surface area contributed by atoms with Crippen LogP contribution in [0.5, 0.6) is 0 Å². The fraction of sp³-hybridized carbons (Fsp3) is 0.385. The molecule has 0 spiro atoms. The van der Waals surface area contributed by atoms with Crippen molar-refractivity contribution in [2.45, 2.75) is 6.42 Å². The van der Waals surface area contributed by atoms with Crippen LogP contribution >= 0.6 is 11.3 Å². The average Bonchev–Trinajstić information content (AvgIpc) is 2.82. The second-order valence-corrected chi connectivity index (χ2v) is 5.28. The monoisotopic (exact) mass is 260 g/mol. The summed E-state index contributed by atoms with van der Waals surface area (Å²) in [6.07, 6.45) is 2.83. The lowest BCUT2D eigenvalue weighted by Crippen LogP contribution is -2.28. The highest BCUT2D eigenvalue weighted by atomic mass is 32.1. The lowest BCUT2D eigenvalue weighted by atomic mass is 10.3. The first-order valence-electron chi connectivity index (χ1n) is 6.25. The maximum Gasteiger partial charge on any atom is 0.132 e. The second kappa shape index (κ2) is 5.46. The third-order valence-electron chi connectivity index (χ3n) is 3.09. The molecule has 0 bridgehead atoms. The summed E-state index contributed by atoms with van der Waals surface area (Å²) in [7, 11) is 0. The van der Waals surface area contributed by atoms with Crippen molar-refractivity contribution in [3.63, 3.8) is 0 Å². The molecule has 0 saturated carbocycles. The molecule has 1 N–H and O–H groups in total. The molecule has 1 aliphatic rings. The molecule has 0 atom stereocenters. The summed E-state index contributed by atoms with van der Waals surface area (Å²) >= 11 is 1.71. The molecular formula is C13H16N4S. The third-order valence-corrected chi connectivity index (χ3v) is 3.98. The van der Waals surface area contributed by atoms with Gasteiger partial charge in [0, 0.05) is 25.7 Å². The van der Waals surface area contributed by atoms with Crippen LogP contribution in [-0.4, -0.2) is 36.1 Å². The van der Waals surface area contributed by atoms with Crippen molar-refractivity contribution in [1.82, 2.24) is 15.3 Å². The maximum absolute atomic E-state index is 4.41. The van der Waals surface area contributed by atoms with E-state index >= 15 is 0 Å². The number of rotatable bonds is 2. The van der Waals surface area contributed by atoms with Crippen LogP contribution in [0.2, 0.25) is 0 Å². The topological polar surface area (TPSA) is 41.0 Å². The van der Waals surface area contributed by atoms with Crippen LogP contribution in [0.15, 0.2) is 29.9 Å². The van der Waals surface area contributed by atoms with Gasteiger partial charge in [-0.25, -0.2) is 9.97 Å². The highest BCUT2D eigenvalue weighted by Crippen LogP contribution is 2.24. The van der Waals surface area contributed by atoms with E-state index in [0.717, 1.165) is 37.7 Å². The summed E-state index contributed by atoms with van der Waals surface area (Å²) < 4.78 is 0. The zero-order chi connectivity index (χ0) is 12.2. The number of nitrogens with zero attached hydrogens (tertiary/aromatic N) is 3. The minimum atomic E-state index is 1.01. The number of aromatic nitrogens is 2. The van der Waals surface area contributed by atoms with Gasteiger partial charge in [-0.2, -0.15) is 0 Å². The predicted octanol–water partition coefficient (Wildman–Crippen LogP) is 2.00. The number of hydrogen-bond acceptors (Lipinski definition) is 5. The summed E-state index contributed by atoms with van der Waals surface area (Å²) in [5.74, 6) is 1.04. The number of hydrogen-bond donors (Lipinski definition) is 1. The Bertz CT molecular complexity index is 489. The molecule has 1 fully saturated rings. The van der Waals surface area contributed by atoms with Crippen molar-refractivity contribution in [3.05, 3.63) is 29.9 Å². The smallest absolute Gasteiger partial charge is 0.132 e. The van der Waals surface area contributed by atoms with Gasteiger partial charge in [0.15, 0.2) is 0 Å². The van der Waals surface area contributed by atoms with Gasteiger partial charge < -0.3 is 10.2 Å². The van der Waals surface area contributed by atoms with Gasteiger partial charge in [-0.1, -0.05) is 6.07 Å². The van der Waals surface area contributed by atoms with E-state index in [1.807, 2.05) is 0 Å². The second-order valence-electron chi connectivity index (χ2n) is 4.33. The van der Waals surface area contributed by atoms with Crippen molar-refractivity contribution in [2.24, 2.45) is 0 Å². The van der Waals surface area contributed by atoms with E-state index in [1.54, 1.807) is 17.7 Å². The molecule has 3 heterocycles. The van der Waals surface area contributed by atoms with Crippen molar-refractivity contribution in [1.29, 1.82) is 0 Å². The first-order valence-corrected chi connectivity index (χ1v) is 7.13. The van der Waals surface area contributed by atoms with Crippen LogP contribution in [0.3, 0.4) is 0 Å². The summed E-state index contributed by atoms with van der Waals surface area (Å²) in [5, 5.41) is 5.48. The quantitative estimate of drug-likeness (QED) is 0.896. The van der Waals surface area contributed by atoms with Crippen LogP contribution in [0, 0.1) is 0 Å². The van der Waals surface area contributed by atoms with Crippen LogP contribution in [0.1, 0.15) is 6.42 Å². The Labute approximate surface area is 111 Å². The highest BCUT2D eigenvalue weighted by molar-refractivity contribution is 7.13. The minimum Gasteiger partial charge on any atom is -0.355 e. The lowest BCUT2D eigenvalue weighted by molar-refractivity contribution is 0.724. The van der Waals surface area contributed by atoms with E-state index in [0.29, 0.717) is 0 Å². The molecule has 0 amide bonds. The van der Waals surface area contributed by atoms with Gasteiger partial charge in [0.2, 0.25) is 0 Å². The fourth-order valence-electron chi connectivity index (χ4n) is 2.15. The Morgan fingerprint density at radius 2 is 2.22 bits per heavy atom. The summed E-state index contributed by atoms with van der Waals surface area (Å²) in [4.78, 5) is 12.3. The van der Waals surface area contributed by atoms with Crippen molar-refractivity contribution in [3.8, 4) is 10.6 Å². The molecule has 5 heteroatoms. The van der Waals surface area contributed by atoms with Crippen LogP contribution < -0.4 is 10.2 Å². The fourth-order valence-corrected chi connectivity index (χ4v) is 2.85. The van der Waals surface area contributed by atoms with Crippen molar-refractivity contribution in [2.75, 3.05) is 31.1 Å². The van der Waals surface area contributed by atoms with E-state index in [9.17, 15) is 0 Å². The van der Waals surface area contributed by atoms with Gasteiger partial charge in [-0.3, -0.25) is 0 Å². The number of nitrogens with one attached hydrogen (secondary N) is 1. The van der Waals surface area contributed by atoms with E-state index < -0.39 is 0 Å². The minimum absolute atomic E-state index is 1.01. The lowest BCUT2D eigenvalue weighted by Gasteiger charge is -2.20. The van der Waals surface area contributed by atoms with Gasteiger partial charge >= 0.3 is 0 Å². The van der Waals surface area contributed by atoms with Crippen molar-refractivity contribution < 1.29 is 0 Å².